The summed E-state index contributed by atoms with van der Waals surface area (Å²) in [6, 6.07) is -0.364. The highest BCUT2D eigenvalue weighted by atomic mass is 16.2. The molecule has 2 amide bonds. The maximum Gasteiger partial charge on any atom is 0.246 e. The van der Waals surface area contributed by atoms with Gasteiger partial charge in [-0.1, -0.05) is 41.5 Å². The summed E-state index contributed by atoms with van der Waals surface area (Å²) in [5.41, 5.74) is -0.563. The summed E-state index contributed by atoms with van der Waals surface area (Å²) >= 11 is 0. The molecule has 1 N–H and O–H groups in total. The minimum Gasteiger partial charge on any atom is -0.342 e. The monoisotopic (exact) mass is 296 g/mol. The van der Waals surface area contributed by atoms with Crippen LogP contribution in [-0.2, 0) is 9.59 Å². The number of nitrogens with zero attached hydrogens (tertiary/aromatic N) is 1. The quantitative estimate of drug-likeness (QED) is 0.848. The SMILES string of the molecule is CCC1(C)C(=O)NC(CC(C)C)C(=O)N1CCC(C)(C)C. The number of amides is 2. The molecule has 0 aliphatic carbocycles. The molecule has 0 radical (unpaired) electrons. The number of carbonyl (C=O) groups is 2. The molecule has 0 aromatic rings. The van der Waals surface area contributed by atoms with Crippen molar-refractivity contribution in [2.24, 2.45) is 11.3 Å². The van der Waals surface area contributed by atoms with E-state index in [0.29, 0.717) is 25.3 Å². The summed E-state index contributed by atoms with van der Waals surface area (Å²) in [6.07, 6.45) is 2.25. The summed E-state index contributed by atoms with van der Waals surface area (Å²) in [4.78, 5) is 27.1. The fourth-order valence-corrected chi connectivity index (χ4v) is 2.72. The maximum atomic E-state index is 12.8. The van der Waals surface area contributed by atoms with Crippen molar-refractivity contribution in [3.8, 4) is 0 Å². The lowest BCUT2D eigenvalue weighted by atomic mass is 9.86. The van der Waals surface area contributed by atoms with Crippen molar-refractivity contribution in [2.45, 2.75) is 79.3 Å². The maximum absolute atomic E-state index is 12.8. The molecule has 1 fully saturated rings. The van der Waals surface area contributed by atoms with Gasteiger partial charge >= 0.3 is 0 Å². The number of rotatable bonds is 5. The molecule has 1 heterocycles. The van der Waals surface area contributed by atoms with Gasteiger partial charge in [-0.3, -0.25) is 9.59 Å². The number of hydrogen-bond donors (Lipinski definition) is 1. The Hall–Kier alpha value is -1.06. The zero-order valence-corrected chi connectivity index (χ0v) is 14.7. The molecule has 0 bridgehead atoms. The molecular weight excluding hydrogens is 264 g/mol. The van der Waals surface area contributed by atoms with Crippen LogP contribution in [0.3, 0.4) is 0 Å². The lowest BCUT2D eigenvalue weighted by Gasteiger charge is -2.47. The van der Waals surface area contributed by atoms with Crippen LogP contribution in [0.5, 0.6) is 0 Å². The van der Waals surface area contributed by atoms with E-state index in [4.69, 9.17) is 0 Å². The largest absolute Gasteiger partial charge is 0.342 e. The van der Waals surface area contributed by atoms with Crippen LogP contribution in [0, 0.1) is 11.3 Å². The van der Waals surface area contributed by atoms with Crippen molar-refractivity contribution in [1.29, 1.82) is 0 Å². The molecule has 0 aromatic carbocycles. The molecule has 1 aliphatic heterocycles. The smallest absolute Gasteiger partial charge is 0.246 e. The van der Waals surface area contributed by atoms with E-state index in [2.05, 4.69) is 39.9 Å². The highest BCUT2D eigenvalue weighted by molar-refractivity contribution is 5.99. The molecule has 1 saturated heterocycles. The van der Waals surface area contributed by atoms with Gasteiger partial charge in [-0.15, -0.1) is 0 Å². The predicted molar refractivity (Wildman–Crippen MR) is 85.9 cm³/mol. The average Bonchev–Trinajstić information content (AvgIpc) is 2.33. The topological polar surface area (TPSA) is 49.4 Å². The van der Waals surface area contributed by atoms with Gasteiger partial charge in [0.25, 0.3) is 0 Å². The van der Waals surface area contributed by atoms with Gasteiger partial charge in [-0.05, 0) is 37.5 Å². The van der Waals surface area contributed by atoms with E-state index >= 15 is 0 Å². The summed E-state index contributed by atoms with van der Waals surface area (Å²) < 4.78 is 0. The fourth-order valence-electron chi connectivity index (χ4n) is 2.72. The Morgan fingerprint density at radius 2 is 1.86 bits per heavy atom. The zero-order valence-electron chi connectivity index (χ0n) is 14.7. The molecule has 0 aromatic heterocycles. The third kappa shape index (κ3) is 4.21. The fraction of sp³-hybridized carbons (Fsp3) is 0.882. The number of hydrogen-bond acceptors (Lipinski definition) is 2. The van der Waals surface area contributed by atoms with Gasteiger partial charge in [0.15, 0.2) is 0 Å². The molecule has 2 atom stereocenters. The first-order chi connectivity index (χ1) is 9.51. The van der Waals surface area contributed by atoms with Gasteiger partial charge in [0.2, 0.25) is 11.8 Å². The lowest BCUT2D eigenvalue weighted by Crippen LogP contribution is -2.69. The summed E-state index contributed by atoms with van der Waals surface area (Å²) in [5.74, 6) is 0.454. The van der Waals surface area contributed by atoms with Gasteiger partial charge in [-0.25, -0.2) is 0 Å². The van der Waals surface area contributed by atoms with E-state index in [1.165, 1.54) is 0 Å². The normalized spacial score (nSPS) is 27.2. The second-order valence-electron chi connectivity index (χ2n) is 8.08. The Balaban J connectivity index is 2.98. The van der Waals surface area contributed by atoms with Gasteiger partial charge < -0.3 is 10.2 Å². The first kappa shape index (κ1) is 18.0. The predicted octanol–water partition coefficient (Wildman–Crippen LogP) is 2.96. The first-order valence-electron chi connectivity index (χ1n) is 8.13. The molecule has 0 saturated carbocycles. The van der Waals surface area contributed by atoms with E-state index in [0.717, 1.165) is 6.42 Å². The molecule has 2 unspecified atom stereocenters. The van der Waals surface area contributed by atoms with Gasteiger partial charge in [-0.2, -0.15) is 0 Å². The number of nitrogens with one attached hydrogen (secondary N) is 1. The highest BCUT2D eigenvalue weighted by Gasteiger charge is 2.48. The van der Waals surface area contributed by atoms with Crippen molar-refractivity contribution in [3.63, 3.8) is 0 Å². The molecule has 122 valence electrons. The summed E-state index contributed by atoms with van der Waals surface area (Å²) in [5, 5.41) is 2.94. The van der Waals surface area contributed by atoms with E-state index in [9.17, 15) is 9.59 Å². The van der Waals surface area contributed by atoms with Crippen molar-refractivity contribution in [3.05, 3.63) is 0 Å². The van der Waals surface area contributed by atoms with Crippen LogP contribution < -0.4 is 5.32 Å². The van der Waals surface area contributed by atoms with Crippen molar-refractivity contribution in [2.75, 3.05) is 6.54 Å². The molecule has 21 heavy (non-hydrogen) atoms. The van der Waals surface area contributed by atoms with E-state index < -0.39 is 5.54 Å². The van der Waals surface area contributed by atoms with Crippen LogP contribution >= 0.6 is 0 Å². The van der Waals surface area contributed by atoms with Crippen LogP contribution in [0.4, 0.5) is 0 Å². The Labute approximate surface area is 129 Å². The minimum absolute atomic E-state index is 0.0100. The summed E-state index contributed by atoms with van der Waals surface area (Å²) in [7, 11) is 0. The second-order valence-corrected chi connectivity index (χ2v) is 8.08. The molecule has 4 heteroatoms. The van der Waals surface area contributed by atoms with Crippen LogP contribution in [0.1, 0.15) is 67.7 Å². The highest BCUT2D eigenvalue weighted by Crippen LogP contribution is 2.29. The third-order valence-electron chi connectivity index (χ3n) is 4.44. The third-order valence-corrected chi connectivity index (χ3v) is 4.44. The van der Waals surface area contributed by atoms with Crippen LogP contribution in [0.25, 0.3) is 0 Å². The van der Waals surface area contributed by atoms with E-state index in [1.807, 2.05) is 18.7 Å². The van der Waals surface area contributed by atoms with Crippen LogP contribution in [-0.4, -0.2) is 34.8 Å². The van der Waals surface area contributed by atoms with Crippen molar-refractivity contribution >= 4 is 11.8 Å². The Morgan fingerprint density at radius 3 is 2.29 bits per heavy atom. The molecule has 1 rings (SSSR count). The lowest BCUT2D eigenvalue weighted by molar-refractivity contribution is -0.157. The second kappa shape index (κ2) is 6.37. The van der Waals surface area contributed by atoms with Crippen molar-refractivity contribution in [1.82, 2.24) is 10.2 Å². The van der Waals surface area contributed by atoms with E-state index in [1.54, 1.807) is 0 Å². The average molecular weight is 296 g/mol. The Kier molecular flexibility index (Phi) is 5.46. The molecule has 1 aliphatic rings. The van der Waals surface area contributed by atoms with Crippen molar-refractivity contribution < 1.29 is 9.59 Å². The molecule has 4 nitrogen and oxygen atoms in total. The first-order valence-corrected chi connectivity index (χ1v) is 8.13. The minimum atomic E-state index is -0.712. The molecular formula is C17H32N2O2. The van der Waals surface area contributed by atoms with Crippen LogP contribution in [0.2, 0.25) is 0 Å². The number of piperazine rings is 1. The molecule has 0 spiro atoms. The Morgan fingerprint density at radius 1 is 1.29 bits per heavy atom. The van der Waals surface area contributed by atoms with Gasteiger partial charge in [0.1, 0.15) is 11.6 Å². The van der Waals surface area contributed by atoms with E-state index in [-0.39, 0.29) is 23.3 Å². The van der Waals surface area contributed by atoms with Crippen LogP contribution in [0.15, 0.2) is 0 Å². The van der Waals surface area contributed by atoms with Gasteiger partial charge in [0.05, 0.1) is 0 Å². The number of carbonyl (C=O) groups excluding carboxylic acids is 2. The summed E-state index contributed by atoms with van der Waals surface area (Å²) in [6.45, 7) is 15.1. The zero-order chi connectivity index (χ0) is 16.4. The standard InChI is InChI=1S/C17H32N2O2/c1-8-17(7)15(21)18-13(11-12(2)3)14(20)19(17)10-9-16(4,5)6/h12-13H,8-11H2,1-7H3,(H,18,21). The Bertz CT molecular complexity index is 398. The van der Waals surface area contributed by atoms with Gasteiger partial charge in [0, 0.05) is 6.54 Å².